The van der Waals surface area contributed by atoms with Crippen molar-refractivity contribution in [3.8, 4) is 22.5 Å². The number of H-pyrrole nitrogens is 1. The normalized spacial score (nSPS) is 13.1. The Balaban J connectivity index is 1.95. The summed E-state index contributed by atoms with van der Waals surface area (Å²) in [5.41, 5.74) is 1.89. The van der Waals surface area contributed by atoms with Crippen LogP contribution in [0.3, 0.4) is 0 Å². The molecule has 0 aliphatic rings. The van der Waals surface area contributed by atoms with Crippen LogP contribution in [0, 0.1) is 5.92 Å². The zero-order valence-electron chi connectivity index (χ0n) is 18.6. The van der Waals surface area contributed by atoms with E-state index >= 15 is 0 Å². The van der Waals surface area contributed by atoms with Crippen LogP contribution in [0.2, 0.25) is 0 Å². The van der Waals surface area contributed by atoms with E-state index in [2.05, 4.69) is 25.9 Å². The number of carbonyl (C=O) groups excluding carboxylic acids is 1. The first-order valence-corrected chi connectivity index (χ1v) is 10.8. The Morgan fingerprint density at radius 3 is 2.47 bits per heavy atom. The SMILES string of the molecule is CCCCC(=O)C(NCc1ccc(-c2ccccc2)c(-c2nn[nH]n2)c1)(C(=O)O)C(C)C. The van der Waals surface area contributed by atoms with E-state index in [0.29, 0.717) is 12.2 Å². The van der Waals surface area contributed by atoms with E-state index in [0.717, 1.165) is 28.7 Å². The highest BCUT2D eigenvalue weighted by molar-refractivity contribution is 6.08. The van der Waals surface area contributed by atoms with Crippen molar-refractivity contribution in [1.82, 2.24) is 25.9 Å². The molecule has 3 aromatic rings. The van der Waals surface area contributed by atoms with E-state index in [1.165, 1.54) is 0 Å². The van der Waals surface area contributed by atoms with Crippen molar-refractivity contribution in [2.45, 2.75) is 52.1 Å². The van der Waals surface area contributed by atoms with Crippen LogP contribution in [0.4, 0.5) is 0 Å². The maximum atomic E-state index is 12.9. The third-order valence-electron chi connectivity index (χ3n) is 5.73. The van der Waals surface area contributed by atoms with Gasteiger partial charge in [0.05, 0.1) is 0 Å². The van der Waals surface area contributed by atoms with Gasteiger partial charge in [0, 0.05) is 18.5 Å². The summed E-state index contributed by atoms with van der Waals surface area (Å²) < 4.78 is 0. The van der Waals surface area contributed by atoms with Crippen molar-refractivity contribution in [1.29, 1.82) is 0 Å². The highest BCUT2D eigenvalue weighted by atomic mass is 16.4. The second-order valence-electron chi connectivity index (χ2n) is 8.13. The average Bonchev–Trinajstić information content (AvgIpc) is 3.33. The number of Topliss-reactive ketones (excluding diaryl/α,β-unsaturated/α-hetero) is 1. The van der Waals surface area contributed by atoms with Crippen LogP contribution in [0.15, 0.2) is 48.5 Å². The number of nitrogens with one attached hydrogen (secondary N) is 2. The largest absolute Gasteiger partial charge is 0.480 e. The van der Waals surface area contributed by atoms with Gasteiger partial charge in [-0.15, -0.1) is 10.2 Å². The number of hydrogen-bond donors (Lipinski definition) is 3. The Morgan fingerprint density at radius 2 is 1.88 bits per heavy atom. The number of benzene rings is 2. The molecule has 8 heteroatoms. The molecule has 0 amide bonds. The topological polar surface area (TPSA) is 121 Å². The number of carboxylic acids is 1. The highest BCUT2D eigenvalue weighted by Gasteiger charge is 2.47. The first-order chi connectivity index (χ1) is 15.4. The van der Waals surface area contributed by atoms with Crippen LogP contribution in [-0.2, 0) is 16.1 Å². The van der Waals surface area contributed by atoms with Crippen molar-refractivity contribution in [3.63, 3.8) is 0 Å². The zero-order valence-corrected chi connectivity index (χ0v) is 18.6. The zero-order chi connectivity index (χ0) is 23.1. The van der Waals surface area contributed by atoms with Gasteiger partial charge in [-0.25, -0.2) is 4.79 Å². The second kappa shape index (κ2) is 10.3. The van der Waals surface area contributed by atoms with Gasteiger partial charge in [0.1, 0.15) is 0 Å². The Labute approximate surface area is 187 Å². The Morgan fingerprint density at radius 1 is 1.12 bits per heavy atom. The lowest BCUT2D eigenvalue weighted by atomic mass is 9.80. The number of unbranched alkanes of at least 4 members (excludes halogenated alkanes) is 1. The van der Waals surface area contributed by atoms with Crippen LogP contribution in [0.1, 0.15) is 45.6 Å². The van der Waals surface area contributed by atoms with E-state index in [1.807, 2.05) is 55.5 Å². The minimum absolute atomic E-state index is 0.211. The van der Waals surface area contributed by atoms with Crippen molar-refractivity contribution < 1.29 is 14.7 Å². The molecule has 8 nitrogen and oxygen atoms in total. The van der Waals surface area contributed by atoms with Gasteiger partial charge in [-0.2, -0.15) is 5.21 Å². The molecule has 0 aliphatic heterocycles. The predicted octanol–water partition coefficient (Wildman–Crippen LogP) is 3.86. The molecule has 168 valence electrons. The van der Waals surface area contributed by atoms with E-state index < -0.39 is 17.4 Å². The van der Waals surface area contributed by atoms with Crippen LogP contribution >= 0.6 is 0 Å². The molecule has 0 saturated heterocycles. The van der Waals surface area contributed by atoms with Gasteiger partial charge in [0.2, 0.25) is 5.82 Å². The van der Waals surface area contributed by atoms with Crippen molar-refractivity contribution in [2.75, 3.05) is 0 Å². The monoisotopic (exact) mass is 435 g/mol. The molecule has 0 fully saturated rings. The van der Waals surface area contributed by atoms with Crippen molar-refractivity contribution in [3.05, 3.63) is 54.1 Å². The van der Waals surface area contributed by atoms with E-state index in [4.69, 9.17) is 0 Å². The van der Waals surface area contributed by atoms with Crippen LogP contribution < -0.4 is 5.32 Å². The van der Waals surface area contributed by atoms with E-state index in [9.17, 15) is 14.7 Å². The molecule has 2 aromatic carbocycles. The maximum absolute atomic E-state index is 12.9. The summed E-state index contributed by atoms with van der Waals surface area (Å²) in [5.74, 6) is -1.41. The fourth-order valence-electron chi connectivity index (χ4n) is 3.87. The summed E-state index contributed by atoms with van der Waals surface area (Å²) in [5, 5.41) is 27.5. The Kier molecular flexibility index (Phi) is 7.48. The number of hydrogen-bond acceptors (Lipinski definition) is 6. The van der Waals surface area contributed by atoms with Crippen LogP contribution in [-0.4, -0.2) is 43.0 Å². The summed E-state index contributed by atoms with van der Waals surface area (Å²) in [6, 6.07) is 15.6. The molecule has 1 unspecified atom stereocenters. The lowest BCUT2D eigenvalue weighted by Gasteiger charge is -2.33. The number of carbonyl (C=O) groups is 2. The summed E-state index contributed by atoms with van der Waals surface area (Å²) in [6.07, 6.45) is 1.72. The smallest absolute Gasteiger partial charge is 0.331 e. The number of carboxylic acid groups (broad SMARTS) is 1. The minimum Gasteiger partial charge on any atom is -0.480 e. The molecule has 1 heterocycles. The first kappa shape index (κ1) is 23.3. The number of ketones is 1. The van der Waals surface area contributed by atoms with Gasteiger partial charge < -0.3 is 5.11 Å². The number of aromatic nitrogens is 4. The first-order valence-electron chi connectivity index (χ1n) is 10.8. The van der Waals surface area contributed by atoms with Gasteiger partial charge >= 0.3 is 5.97 Å². The molecule has 1 aromatic heterocycles. The summed E-state index contributed by atoms with van der Waals surface area (Å²) in [7, 11) is 0. The number of nitrogens with zero attached hydrogens (tertiary/aromatic N) is 3. The second-order valence-corrected chi connectivity index (χ2v) is 8.13. The molecule has 32 heavy (non-hydrogen) atoms. The average molecular weight is 436 g/mol. The predicted molar refractivity (Wildman–Crippen MR) is 122 cm³/mol. The maximum Gasteiger partial charge on any atom is 0.331 e. The molecule has 0 radical (unpaired) electrons. The van der Waals surface area contributed by atoms with Crippen LogP contribution in [0.25, 0.3) is 22.5 Å². The Hall–Kier alpha value is -3.39. The van der Waals surface area contributed by atoms with Crippen molar-refractivity contribution >= 4 is 11.8 Å². The molecule has 0 saturated carbocycles. The summed E-state index contributed by atoms with van der Waals surface area (Å²) in [6.45, 7) is 5.71. The number of rotatable bonds is 11. The Bertz CT molecular complexity index is 1050. The van der Waals surface area contributed by atoms with Gasteiger partial charge in [0.25, 0.3) is 0 Å². The summed E-state index contributed by atoms with van der Waals surface area (Å²) >= 11 is 0. The van der Waals surface area contributed by atoms with Crippen LogP contribution in [0.5, 0.6) is 0 Å². The standard InChI is InChI=1S/C24H29N5O3/c1-4-5-11-21(30)24(16(2)3,23(31)32)25-15-17-12-13-19(18-9-7-6-8-10-18)20(14-17)22-26-28-29-27-22/h6-10,12-14,16,25H,4-5,11,15H2,1-3H3,(H,31,32)(H,26,27,28,29). The molecular weight excluding hydrogens is 406 g/mol. The minimum atomic E-state index is -1.64. The van der Waals surface area contributed by atoms with Gasteiger partial charge in [0.15, 0.2) is 11.3 Å². The van der Waals surface area contributed by atoms with Gasteiger partial charge in [-0.3, -0.25) is 10.1 Å². The van der Waals surface area contributed by atoms with Gasteiger partial charge in [-0.1, -0.05) is 69.7 Å². The fraction of sp³-hybridized carbons (Fsp3) is 0.375. The number of aliphatic carboxylic acids is 1. The number of tetrazole rings is 1. The van der Waals surface area contributed by atoms with Crippen molar-refractivity contribution in [2.24, 2.45) is 5.92 Å². The number of aromatic amines is 1. The third-order valence-corrected chi connectivity index (χ3v) is 5.73. The highest BCUT2D eigenvalue weighted by Crippen LogP contribution is 2.31. The quantitative estimate of drug-likeness (QED) is 0.391. The molecule has 0 spiro atoms. The molecule has 3 N–H and O–H groups in total. The lowest BCUT2D eigenvalue weighted by Crippen LogP contribution is -2.61. The molecule has 3 rings (SSSR count). The summed E-state index contributed by atoms with van der Waals surface area (Å²) in [4.78, 5) is 25.2. The molecular formula is C24H29N5O3. The van der Waals surface area contributed by atoms with Gasteiger partial charge in [-0.05, 0) is 40.3 Å². The third kappa shape index (κ3) is 4.75. The van der Waals surface area contributed by atoms with E-state index in [1.54, 1.807) is 13.8 Å². The fourth-order valence-corrected chi connectivity index (χ4v) is 3.87. The van der Waals surface area contributed by atoms with E-state index in [-0.39, 0.29) is 18.7 Å². The molecule has 0 bridgehead atoms. The molecule has 1 atom stereocenters. The lowest BCUT2D eigenvalue weighted by molar-refractivity contribution is -0.153. The molecule has 0 aliphatic carbocycles.